The second kappa shape index (κ2) is 5.01. The maximum absolute atomic E-state index is 6.11. The van der Waals surface area contributed by atoms with Crippen molar-refractivity contribution in [3.8, 4) is 5.75 Å². The van der Waals surface area contributed by atoms with Crippen molar-refractivity contribution < 1.29 is 9.47 Å². The first-order valence-electron chi connectivity index (χ1n) is 7.44. The molecule has 2 N–H and O–H groups in total. The third-order valence-electron chi connectivity index (χ3n) is 5.10. The standard InChI is InChI=1S/C16H24N2O2/c1-10-8-18-13(11(2)15(10)19-3)7-16(9-17)6-12-4-5-14(16)20-12/h8,12,14H,4-7,9,17H2,1-3H3. The number of fused-ring (bicyclic) bond motifs is 2. The first-order valence-corrected chi connectivity index (χ1v) is 7.44. The van der Waals surface area contributed by atoms with Crippen molar-refractivity contribution in [1.29, 1.82) is 0 Å². The normalized spacial score (nSPS) is 31.8. The van der Waals surface area contributed by atoms with Crippen LogP contribution in [-0.2, 0) is 11.2 Å². The Bertz CT molecular complexity index is 517. The van der Waals surface area contributed by atoms with Gasteiger partial charge in [-0.2, -0.15) is 0 Å². The van der Waals surface area contributed by atoms with Gasteiger partial charge in [0, 0.05) is 35.0 Å². The van der Waals surface area contributed by atoms with Crippen LogP contribution in [0.3, 0.4) is 0 Å². The van der Waals surface area contributed by atoms with Gasteiger partial charge in [-0.1, -0.05) is 0 Å². The van der Waals surface area contributed by atoms with Crippen LogP contribution in [-0.4, -0.2) is 30.8 Å². The summed E-state index contributed by atoms with van der Waals surface area (Å²) in [5.74, 6) is 0.950. The quantitative estimate of drug-likeness (QED) is 0.915. The molecule has 2 bridgehead atoms. The zero-order chi connectivity index (χ0) is 14.3. The Balaban J connectivity index is 1.91. The van der Waals surface area contributed by atoms with Crippen molar-refractivity contribution in [2.45, 2.75) is 51.7 Å². The lowest BCUT2D eigenvalue weighted by atomic mass is 9.70. The van der Waals surface area contributed by atoms with E-state index >= 15 is 0 Å². The molecule has 2 aliphatic rings. The van der Waals surface area contributed by atoms with Crippen LogP contribution < -0.4 is 10.5 Å². The van der Waals surface area contributed by atoms with Crippen LogP contribution >= 0.6 is 0 Å². The van der Waals surface area contributed by atoms with Gasteiger partial charge in [0.15, 0.2) is 0 Å². The first kappa shape index (κ1) is 13.8. The second-order valence-corrected chi connectivity index (χ2v) is 6.32. The third-order valence-corrected chi connectivity index (χ3v) is 5.10. The van der Waals surface area contributed by atoms with E-state index in [4.69, 9.17) is 15.2 Å². The number of nitrogens with two attached hydrogens (primary N) is 1. The van der Waals surface area contributed by atoms with Gasteiger partial charge in [0.1, 0.15) is 5.75 Å². The summed E-state index contributed by atoms with van der Waals surface area (Å²) in [6, 6.07) is 0. The van der Waals surface area contributed by atoms with E-state index in [1.807, 2.05) is 13.1 Å². The van der Waals surface area contributed by atoms with E-state index in [0.717, 1.165) is 41.8 Å². The minimum absolute atomic E-state index is 0.0704. The molecule has 2 fully saturated rings. The number of hydrogen-bond donors (Lipinski definition) is 1. The molecular weight excluding hydrogens is 252 g/mol. The number of ether oxygens (including phenoxy) is 2. The highest BCUT2D eigenvalue weighted by Crippen LogP contribution is 2.49. The Labute approximate surface area is 120 Å². The van der Waals surface area contributed by atoms with Gasteiger partial charge in [-0.05, 0) is 39.5 Å². The van der Waals surface area contributed by atoms with Crippen LogP contribution in [0.2, 0.25) is 0 Å². The zero-order valence-electron chi connectivity index (χ0n) is 12.6. The minimum Gasteiger partial charge on any atom is -0.496 e. The first-order chi connectivity index (χ1) is 9.59. The molecule has 1 aromatic heterocycles. The van der Waals surface area contributed by atoms with E-state index in [1.54, 1.807) is 7.11 Å². The summed E-state index contributed by atoms with van der Waals surface area (Å²) in [5.41, 5.74) is 9.52. The molecule has 3 heterocycles. The van der Waals surface area contributed by atoms with Gasteiger partial charge in [0.25, 0.3) is 0 Å². The monoisotopic (exact) mass is 276 g/mol. The fraction of sp³-hybridized carbons (Fsp3) is 0.688. The van der Waals surface area contributed by atoms with Crippen molar-refractivity contribution in [1.82, 2.24) is 4.98 Å². The van der Waals surface area contributed by atoms with Crippen LogP contribution in [0.15, 0.2) is 6.20 Å². The number of rotatable bonds is 4. The van der Waals surface area contributed by atoms with E-state index in [1.165, 1.54) is 6.42 Å². The Morgan fingerprint density at radius 1 is 1.45 bits per heavy atom. The lowest BCUT2D eigenvalue weighted by Crippen LogP contribution is -2.41. The van der Waals surface area contributed by atoms with E-state index in [9.17, 15) is 0 Å². The van der Waals surface area contributed by atoms with Crippen LogP contribution in [0.25, 0.3) is 0 Å². The molecule has 4 heteroatoms. The lowest BCUT2D eigenvalue weighted by Gasteiger charge is -2.34. The van der Waals surface area contributed by atoms with Crippen LogP contribution in [0.1, 0.15) is 36.1 Å². The molecule has 3 rings (SSSR count). The molecule has 110 valence electrons. The predicted octanol–water partition coefficient (Wildman–Crippen LogP) is 2.15. The molecule has 3 atom stereocenters. The largest absolute Gasteiger partial charge is 0.496 e. The fourth-order valence-electron chi connectivity index (χ4n) is 3.95. The summed E-state index contributed by atoms with van der Waals surface area (Å²) in [6.45, 7) is 4.79. The Kier molecular flexibility index (Phi) is 3.46. The number of nitrogens with zero attached hydrogens (tertiary/aromatic N) is 1. The van der Waals surface area contributed by atoms with Gasteiger partial charge in [-0.3, -0.25) is 4.98 Å². The van der Waals surface area contributed by atoms with Crippen molar-refractivity contribution >= 4 is 0 Å². The van der Waals surface area contributed by atoms with Crippen LogP contribution in [0.4, 0.5) is 0 Å². The van der Waals surface area contributed by atoms with Crippen LogP contribution in [0, 0.1) is 19.3 Å². The van der Waals surface area contributed by atoms with Gasteiger partial charge < -0.3 is 15.2 Å². The SMILES string of the molecule is COc1c(C)cnc(CC2(CN)CC3CCC2O3)c1C. The summed E-state index contributed by atoms with van der Waals surface area (Å²) in [6.07, 6.45) is 6.93. The topological polar surface area (TPSA) is 57.4 Å². The molecule has 0 amide bonds. The predicted molar refractivity (Wildman–Crippen MR) is 78.0 cm³/mol. The summed E-state index contributed by atoms with van der Waals surface area (Å²) in [4.78, 5) is 4.64. The number of methoxy groups -OCH3 is 1. The van der Waals surface area contributed by atoms with Gasteiger partial charge in [-0.25, -0.2) is 0 Å². The average Bonchev–Trinajstić information content (AvgIpc) is 3.04. The van der Waals surface area contributed by atoms with Crippen molar-refractivity contribution in [2.24, 2.45) is 11.1 Å². The molecule has 0 saturated carbocycles. The van der Waals surface area contributed by atoms with E-state index in [-0.39, 0.29) is 5.41 Å². The van der Waals surface area contributed by atoms with E-state index < -0.39 is 0 Å². The van der Waals surface area contributed by atoms with Gasteiger partial charge in [-0.15, -0.1) is 0 Å². The van der Waals surface area contributed by atoms with Crippen molar-refractivity contribution in [3.63, 3.8) is 0 Å². The maximum atomic E-state index is 6.11. The lowest BCUT2D eigenvalue weighted by molar-refractivity contribution is 0.0632. The third kappa shape index (κ3) is 2.02. The average molecular weight is 276 g/mol. The smallest absolute Gasteiger partial charge is 0.128 e. The molecule has 3 unspecified atom stereocenters. The minimum atomic E-state index is 0.0704. The van der Waals surface area contributed by atoms with Gasteiger partial charge in [0.05, 0.1) is 19.3 Å². The van der Waals surface area contributed by atoms with Crippen molar-refractivity contribution in [2.75, 3.05) is 13.7 Å². The fourth-order valence-corrected chi connectivity index (χ4v) is 3.95. The Morgan fingerprint density at radius 2 is 2.25 bits per heavy atom. The molecule has 2 saturated heterocycles. The van der Waals surface area contributed by atoms with Crippen molar-refractivity contribution in [3.05, 3.63) is 23.0 Å². The molecule has 4 nitrogen and oxygen atoms in total. The van der Waals surface area contributed by atoms with Gasteiger partial charge in [0.2, 0.25) is 0 Å². The molecule has 20 heavy (non-hydrogen) atoms. The van der Waals surface area contributed by atoms with Gasteiger partial charge >= 0.3 is 0 Å². The zero-order valence-corrected chi connectivity index (χ0v) is 12.6. The number of aromatic nitrogens is 1. The number of aryl methyl sites for hydroxylation is 1. The highest BCUT2D eigenvalue weighted by molar-refractivity contribution is 5.41. The number of pyridine rings is 1. The molecule has 2 aliphatic heterocycles. The number of hydrogen-bond acceptors (Lipinski definition) is 4. The van der Waals surface area contributed by atoms with E-state index in [0.29, 0.717) is 18.8 Å². The molecule has 0 spiro atoms. The summed E-state index contributed by atoms with van der Waals surface area (Å²) in [5, 5.41) is 0. The molecule has 0 aromatic carbocycles. The molecule has 1 aromatic rings. The molecule has 0 aliphatic carbocycles. The van der Waals surface area contributed by atoms with Crippen LogP contribution in [0.5, 0.6) is 5.75 Å². The highest BCUT2D eigenvalue weighted by atomic mass is 16.5. The molecule has 0 radical (unpaired) electrons. The summed E-state index contributed by atoms with van der Waals surface area (Å²) < 4.78 is 11.5. The molecular formula is C16H24N2O2. The highest BCUT2D eigenvalue weighted by Gasteiger charge is 2.51. The maximum Gasteiger partial charge on any atom is 0.128 e. The second-order valence-electron chi connectivity index (χ2n) is 6.32. The van der Waals surface area contributed by atoms with E-state index in [2.05, 4.69) is 11.9 Å². The Hall–Kier alpha value is -1.13. The summed E-state index contributed by atoms with van der Waals surface area (Å²) in [7, 11) is 1.72. The summed E-state index contributed by atoms with van der Waals surface area (Å²) >= 11 is 0. The Morgan fingerprint density at radius 3 is 2.80 bits per heavy atom.